The van der Waals surface area contributed by atoms with Crippen molar-refractivity contribution in [1.29, 1.82) is 0 Å². The number of aryl methyl sites for hydroxylation is 1. The highest BCUT2D eigenvalue weighted by atomic mass is 32.2. The van der Waals surface area contributed by atoms with Crippen molar-refractivity contribution in [2.75, 3.05) is 0 Å². The maximum atomic E-state index is 12.3. The van der Waals surface area contributed by atoms with Crippen LogP contribution in [0.2, 0.25) is 0 Å². The maximum absolute atomic E-state index is 12.3. The predicted octanol–water partition coefficient (Wildman–Crippen LogP) is 3.29. The monoisotopic (exact) mass is 359 g/mol. The van der Waals surface area contributed by atoms with Crippen LogP contribution in [0.15, 0.2) is 77.3 Å². The standard InChI is InChI=1S/C19H21NO4S/c1-4-18(21)15(3)19(16-8-6-5-7-9-16)20-24-25(22,23)17-12-10-14(2)11-13-17/h4-13,15,18,21H,1H2,2-3H3. The Morgan fingerprint density at radius 1 is 1.16 bits per heavy atom. The van der Waals surface area contributed by atoms with E-state index in [0.717, 1.165) is 5.56 Å². The lowest BCUT2D eigenvalue weighted by molar-refractivity contribution is 0.191. The molecule has 0 saturated carbocycles. The van der Waals surface area contributed by atoms with E-state index in [1.165, 1.54) is 18.2 Å². The van der Waals surface area contributed by atoms with E-state index < -0.39 is 22.1 Å². The third-order valence-electron chi connectivity index (χ3n) is 3.80. The molecule has 132 valence electrons. The molecule has 0 radical (unpaired) electrons. The van der Waals surface area contributed by atoms with Crippen molar-refractivity contribution < 1.29 is 17.8 Å². The zero-order chi connectivity index (χ0) is 18.4. The summed E-state index contributed by atoms with van der Waals surface area (Å²) in [5.74, 6) is -0.492. The quantitative estimate of drug-likeness (QED) is 0.468. The number of hydrogen-bond donors (Lipinski definition) is 1. The lowest BCUT2D eigenvalue weighted by Gasteiger charge is -2.17. The molecule has 0 aliphatic heterocycles. The smallest absolute Gasteiger partial charge is 0.358 e. The van der Waals surface area contributed by atoms with Crippen molar-refractivity contribution >= 4 is 15.8 Å². The van der Waals surface area contributed by atoms with Crippen LogP contribution in [0.3, 0.4) is 0 Å². The first-order valence-electron chi connectivity index (χ1n) is 7.79. The van der Waals surface area contributed by atoms with Gasteiger partial charge in [0, 0.05) is 5.92 Å². The molecule has 2 rings (SSSR count). The van der Waals surface area contributed by atoms with Crippen molar-refractivity contribution in [1.82, 2.24) is 0 Å². The molecule has 2 atom stereocenters. The van der Waals surface area contributed by atoms with Crippen molar-refractivity contribution in [2.45, 2.75) is 24.8 Å². The first-order chi connectivity index (χ1) is 11.8. The summed E-state index contributed by atoms with van der Waals surface area (Å²) < 4.78 is 29.6. The van der Waals surface area contributed by atoms with E-state index in [4.69, 9.17) is 4.28 Å². The highest BCUT2D eigenvalue weighted by molar-refractivity contribution is 7.86. The van der Waals surface area contributed by atoms with Crippen LogP contribution in [0.25, 0.3) is 0 Å². The first kappa shape index (κ1) is 18.9. The number of aliphatic hydroxyl groups excluding tert-OH is 1. The van der Waals surface area contributed by atoms with Crippen molar-refractivity contribution in [2.24, 2.45) is 11.1 Å². The lowest BCUT2D eigenvalue weighted by atomic mass is 9.93. The van der Waals surface area contributed by atoms with Crippen LogP contribution in [0.5, 0.6) is 0 Å². The largest absolute Gasteiger partial charge is 0.388 e. The molecule has 0 spiro atoms. The van der Waals surface area contributed by atoms with Gasteiger partial charge in [-0.15, -0.1) is 6.58 Å². The summed E-state index contributed by atoms with van der Waals surface area (Å²) in [6, 6.07) is 15.3. The van der Waals surface area contributed by atoms with E-state index >= 15 is 0 Å². The Morgan fingerprint density at radius 3 is 2.32 bits per heavy atom. The molecule has 0 aliphatic carbocycles. The number of oxime groups is 1. The molecule has 0 heterocycles. The second-order valence-corrected chi connectivity index (χ2v) is 7.23. The van der Waals surface area contributed by atoms with Crippen LogP contribution in [0, 0.1) is 12.8 Å². The van der Waals surface area contributed by atoms with Gasteiger partial charge in [-0.2, -0.15) is 8.42 Å². The molecule has 25 heavy (non-hydrogen) atoms. The Kier molecular flexibility index (Phi) is 6.12. The van der Waals surface area contributed by atoms with E-state index in [1.54, 1.807) is 43.3 Å². The molecule has 1 N–H and O–H groups in total. The summed E-state index contributed by atoms with van der Waals surface area (Å²) >= 11 is 0. The molecular formula is C19H21NO4S. The van der Waals surface area contributed by atoms with Gasteiger partial charge >= 0.3 is 10.1 Å². The van der Waals surface area contributed by atoms with Gasteiger partial charge in [-0.1, -0.05) is 66.2 Å². The maximum Gasteiger partial charge on any atom is 0.358 e. The third-order valence-corrected chi connectivity index (χ3v) is 4.92. The van der Waals surface area contributed by atoms with E-state index in [0.29, 0.717) is 11.3 Å². The zero-order valence-corrected chi connectivity index (χ0v) is 15.0. The molecule has 6 heteroatoms. The van der Waals surface area contributed by atoms with Crippen LogP contribution in [0.1, 0.15) is 18.1 Å². The fraction of sp³-hybridized carbons (Fsp3) is 0.211. The molecule has 2 aromatic rings. The molecule has 0 aromatic heterocycles. The number of rotatable bonds is 7. The fourth-order valence-corrected chi connectivity index (χ4v) is 2.94. The Morgan fingerprint density at radius 2 is 1.76 bits per heavy atom. The van der Waals surface area contributed by atoms with E-state index in [-0.39, 0.29) is 4.90 Å². The number of aliphatic hydroxyl groups is 1. The molecule has 2 unspecified atom stereocenters. The predicted molar refractivity (Wildman–Crippen MR) is 97.8 cm³/mol. The second-order valence-electron chi connectivity index (χ2n) is 5.70. The normalized spacial score (nSPS) is 14.6. The molecule has 0 amide bonds. The van der Waals surface area contributed by atoms with Gasteiger partial charge in [-0.3, -0.25) is 4.28 Å². The van der Waals surface area contributed by atoms with Crippen molar-refractivity contribution in [3.63, 3.8) is 0 Å². The summed E-state index contributed by atoms with van der Waals surface area (Å²) in [5.41, 5.74) is 1.92. The van der Waals surface area contributed by atoms with Gasteiger partial charge < -0.3 is 5.11 Å². The highest BCUT2D eigenvalue weighted by Gasteiger charge is 2.22. The fourth-order valence-electron chi connectivity index (χ4n) is 2.21. The van der Waals surface area contributed by atoms with E-state index in [1.807, 2.05) is 13.0 Å². The van der Waals surface area contributed by atoms with Gasteiger partial charge in [0.2, 0.25) is 0 Å². The molecular weight excluding hydrogens is 338 g/mol. The molecule has 0 saturated heterocycles. The third kappa shape index (κ3) is 4.78. The molecule has 2 aromatic carbocycles. The molecule has 5 nitrogen and oxygen atoms in total. The van der Waals surface area contributed by atoms with E-state index in [2.05, 4.69) is 11.7 Å². The molecule has 0 fully saturated rings. The van der Waals surface area contributed by atoms with Crippen molar-refractivity contribution in [3.8, 4) is 0 Å². The molecule has 0 bridgehead atoms. The average molecular weight is 359 g/mol. The summed E-state index contributed by atoms with van der Waals surface area (Å²) in [5, 5.41) is 13.9. The Bertz CT molecular complexity index is 843. The Labute approximate surface area is 148 Å². The second kappa shape index (κ2) is 8.09. The Balaban J connectivity index is 2.37. The SMILES string of the molecule is C=CC(O)C(C)C(=NOS(=O)(=O)c1ccc(C)cc1)c1ccccc1. The minimum atomic E-state index is -4.04. The summed E-state index contributed by atoms with van der Waals surface area (Å²) in [6.07, 6.45) is 0.488. The van der Waals surface area contributed by atoms with E-state index in [9.17, 15) is 13.5 Å². The zero-order valence-electron chi connectivity index (χ0n) is 14.2. The Hall–Kier alpha value is -2.44. The summed E-state index contributed by atoms with van der Waals surface area (Å²) in [6.45, 7) is 7.14. The van der Waals surface area contributed by atoms with Crippen LogP contribution in [0.4, 0.5) is 0 Å². The van der Waals surface area contributed by atoms with Gasteiger partial charge in [-0.05, 0) is 24.6 Å². The van der Waals surface area contributed by atoms with Gasteiger partial charge in [0.25, 0.3) is 0 Å². The number of nitrogens with zero attached hydrogens (tertiary/aromatic N) is 1. The lowest BCUT2D eigenvalue weighted by Crippen LogP contribution is -2.25. The number of hydrogen-bond acceptors (Lipinski definition) is 5. The topological polar surface area (TPSA) is 76.0 Å². The first-order valence-corrected chi connectivity index (χ1v) is 9.20. The summed E-state index contributed by atoms with van der Waals surface area (Å²) in [7, 11) is -4.04. The van der Waals surface area contributed by atoms with Crippen molar-refractivity contribution in [3.05, 3.63) is 78.4 Å². The van der Waals surface area contributed by atoms with Crippen LogP contribution >= 0.6 is 0 Å². The minimum Gasteiger partial charge on any atom is -0.388 e. The van der Waals surface area contributed by atoms with Gasteiger partial charge in [-0.25, -0.2) is 0 Å². The van der Waals surface area contributed by atoms with Gasteiger partial charge in [0.15, 0.2) is 0 Å². The van der Waals surface area contributed by atoms with Crippen LogP contribution < -0.4 is 0 Å². The highest BCUT2D eigenvalue weighted by Crippen LogP contribution is 2.18. The van der Waals surface area contributed by atoms with Gasteiger partial charge in [0.1, 0.15) is 4.90 Å². The number of benzene rings is 2. The minimum absolute atomic E-state index is 0.0196. The van der Waals surface area contributed by atoms with Crippen LogP contribution in [-0.4, -0.2) is 25.3 Å². The van der Waals surface area contributed by atoms with Gasteiger partial charge in [0.05, 0.1) is 11.8 Å². The average Bonchev–Trinajstić information content (AvgIpc) is 2.62. The van der Waals surface area contributed by atoms with Crippen LogP contribution in [-0.2, 0) is 14.4 Å². The molecule has 0 aliphatic rings. The summed E-state index contributed by atoms with van der Waals surface area (Å²) in [4.78, 5) is 0.0196.